The third kappa shape index (κ3) is 3.03. The van der Waals surface area contributed by atoms with E-state index in [-0.39, 0.29) is 18.4 Å². The number of hydrogen-bond donors (Lipinski definition) is 1. The van der Waals surface area contributed by atoms with Crippen LogP contribution in [0.3, 0.4) is 0 Å². The van der Waals surface area contributed by atoms with E-state index in [1.165, 1.54) is 0 Å². The highest BCUT2D eigenvalue weighted by atomic mass is 79.9. The standard InChI is InChI=1S/C11H12BrNO.ClH/c12-9-5-3-8(4-6-9)11-10(14)2-1-7-13-11;/h3-6,11,13H,1-2,7H2;1H. The maximum Gasteiger partial charge on any atom is 0.154 e. The van der Waals surface area contributed by atoms with E-state index in [1.54, 1.807) is 0 Å². The normalized spacial score (nSPS) is 20.9. The van der Waals surface area contributed by atoms with Gasteiger partial charge in [-0.3, -0.25) is 4.79 Å². The van der Waals surface area contributed by atoms with E-state index in [9.17, 15) is 4.79 Å². The Kier molecular flexibility index (Phi) is 4.77. The Labute approximate surface area is 104 Å². The minimum absolute atomic E-state index is 0. The van der Waals surface area contributed by atoms with Gasteiger partial charge in [0.05, 0.1) is 6.04 Å². The Bertz CT molecular complexity index is 339. The van der Waals surface area contributed by atoms with Gasteiger partial charge in [0.1, 0.15) is 0 Å². The van der Waals surface area contributed by atoms with Crippen molar-refractivity contribution < 1.29 is 4.79 Å². The zero-order chi connectivity index (χ0) is 9.97. The number of carbonyl (C=O) groups is 1. The summed E-state index contributed by atoms with van der Waals surface area (Å²) in [5.41, 5.74) is 1.07. The molecule has 4 heteroatoms. The van der Waals surface area contributed by atoms with E-state index in [4.69, 9.17) is 0 Å². The summed E-state index contributed by atoms with van der Waals surface area (Å²) in [6.07, 6.45) is 1.67. The van der Waals surface area contributed by atoms with Crippen molar-refractivity contribution in [1.29, 1.82) is 0 Å². The van der Waals surface area contributed by atoms with Crippen molar-refractivity contribution in [2.75, 3.05) is 6.54 Å². The zero-order valence-corrected chi connectivity index (χ0v) is 10.6. The van der Waals surface area contributed by atoms with Gasteiger partial charge in [0.25, 0.3) is 0 Å². The molecule has 0 bridgehead atoms. The zero-order valence-electron chi connectivity index (χ0n) is 8.20. The number of carbonyl (C=O) groups excluding carboxylic acids is 1. The van der Waals surface area contributed by atoms with Gasteiger partial charge < -0.3 is 5.32 Å². The quantitative estimate of drug-likeness (QED) is 0.862. The van der Waals surface area contributed by atoms with Gasteiger partial charge >= 0.3 is 0 Å². The number of benzene rings is 1. The summed E-state index contributed by atoms with van der Waals surface area (Å²) in [7, 11) is 0. The molecule has 2 nitrogen and oxygen atoms in total. The number of ketones is 1. The summed E-state index contributed by atoms with van der Waals surface area (Å²) in [4.78, 5) is 11.6. The second kappa shape index (κ2) is 5.64. The highest BCUT2D eigenvalue weighted by molar-refractivity contribution is 9.10. The largest absolute Gasteiger partial charge is 0.304 e. The maximum absolute atomic E-state index is 11.6. The molecular formula is C11H13BrClNO. The molecule has 0 saturated carbocycles. The molecule has 1 atom stereocenters. The Morgan fingerprint density at radius 3 is 2.53 bits per heavy atom. The molecule has 1 N–H and O–H groups in total. The number of halogens is 2. The van der Waals surface area contributed by atoms with Crippen molar-refractivity contribution in [1.82, 2.24) is 5.32 Å². The second-order valence-corrected chi connectivity index (χ2v) is 4.42. The van der Waals surface area contributed by atoms with Crippen LogP contribution in [-0.4, -0.2) is 12.3 Å². The van der Waals surface area contributed by atoms with Gasteiger partial charge in [-0.1, -0.05) is 28.1 Å². The molecule has 1 fully saturated rings. The molecule has 82 valence electrons. The number of rotatable bonds is 1. The number of hydrogen-bond acceptors (Lipinski definition) is 2. The summed E-state index contributed by atoms with van der Waals surface area (Å²) < 4.78 is 1.05. The Balaban J connectivity index is 0.00000112. The Morgan fingerprint density at radius 1 is 1.27 bits per heavy atom. The maximum atomic E-state index is 11.6. The van der Waals surface area contributed by atoms with Crippen LogP contribution in [0.1, 0.15) is 24.4 Å². The minimum Gasteiger partial charge on any atom is -0.304 e. The lowest BCUT2D eigenvalue weighted by atomic mass is 9.96. The van der Waals surface area contributed by atoms with Crippen molar-refractivity contribution in [2.45, 2.75) is 18.9 Å². The molecule has 0 amide bonds. The van der Waals surface area contributed by atoms with E-state index in [0.29, 0.717) is 12.2 Å². The van der Waals surface area contributed by atoms with Gasteiger partial charge in [-0.2, -0.15) is 0 Å². The minimum atomic E-state index is -0.0863. The average Bonchev–Trinajstić information content (AvgIpc) is 2.20. The highest BCUT2D eigenvalue weighted by Gasteiger charge is 2.22. The van der Waals surface area contributed by atoms with Crippen molar-refractivity contribution in [3.8, 4) is 0 Å². The van der Waals surface area contributed by atoms with E-state index < -0.39 is 0 Å². The van der Waals surface area contributed by atoms with Gasteiger partial charge in [-0.05, 0) is 30.7 Å². The molecule has 15 heavy (non-hydrogen) atoms. The van der Waals surface area contributed by atoms with E-state index in [0.717, 1.165) is 23.0 Å². The monoisotopic (exact) mass is 289 g/mol. The summed E-state index contributed by atoms with van der Waals surface area (Å²) in [6.45, 7) is 0.937. The van der Waals surface area contributed by atoms with Crippen molar-refractivity contribution >= 4 is 34.1 Å². The molecule has 1 aliphatic rings. The summed E-state index contributed by atoms with van der Waals surface area (Å²) in [5, 5.41) is 3.24. The van der Waals surface area contributed by atoms with Crippen LogP contribution >= 0.6 is 28.3 Å². The first-order valence-electron chi connectivity index (χ1n) is 4.79. The van der Waals surface area contributed by atoms with Crippen LogP contribution < -0.4 is 5.32 Å². The van der Waals surface area contributed by atoms with Crippen LogP contribution in [0, 0.1) is 0 Å². The SMILES string of the molecule is Cl.O=C1CCCNC1c1ccc(Br)cc1. The van der Waals surface area contributed by atoms with Crippen molar-refractivity contribution in [3.05, 3.63) is 34.3 Å². The van der Waals surface area contributed by atoms with Gasteiger partial charge in [0, 0.05) is 10.9 Å². The van der Waals surface area contributed by atoms with E-state index in [2.05, 4.69) is 21.2 Å². The molecule has 1 aromatic carbocycles. The predicted molar refractivity (Wildman–Crippen MR) is 66.4 cm³/mol. The van der Waals surface area contributed by atoms with E-state index >= 15 is 0 Å². The summed E-state index contributed by atoms with van der Waals surface area (Å²) in [6, 6.07) is 7.84. The van der Waals surface area contributed by atoms with Crippen molar-refractivity contribution in [2.24, 2.45) is 0 Å². The average molecular weight is 291 g/mol. The smallest absolute Gasteiger partial charge is 0.154 e. The van der Waals surface area contributed by atoms with E-state index in [1.807, 2.05) is 24.3 Å². The third-order valence-corrected chi connectivity index (χ3v) is 3.00. The van der Waals surface area contributed by atoms with Crippen LogP contribution in [0.5, 0.6) is 0 Å². The molecule has 1 heterocycles. The summed E-state index contributed by atoms with van der Waals surface area (Å²) >= 11 is 3.38. The first kappa shape index (κ1) is 12.7. The van der Waals surface area contributed by atoms with Crippen LogP contribution in [0.15, 0.2) is 28.7 Å². The highest BCUT2D eigenvalue weighted by Crippen LogP contribution is 2.21. The van der Waals surface area contributed by atoms with Gasteiger partial charge in [-0.15, -0.1) is 12.4 Å². The first-order chi connectivity index (χ1) is 6.77. The lowest BCUT2D eigenvalue weighted by Crippen LogP contribution is -2.34. The first-order valence-corrected chi connectivity index (χ1v) is 5.58. The van der Waals surface area contributed by atoms with Crippen LogP contribution in [0.4, 0.5) is 0 Å². The predicted octanol–water partition coefficient (Wildman–Crippen LogP) is 2.86. The fraction of sp³-hybridized carbons (Fsp3) is 0.364. The van der Waals surface area contributed by atoms with Crippen LogP contribution in [0.2, 0.25) is 0 Å². The fourth-order valence-electron chi connectivity index (χ4n) is 1.73. The molecule has 0 aliphatic carbocycles. The number of Topliss-reactive ketones (excluding diaryl/α,β-unsaturated/α-hetero) is 1. The molecule has 0 spiro atoms. The Hall–Kier alpha value is -0.380. The third-order valence-electron chi connectivity index (χ3n) is 2.47. The number of piperidine rings is 1. The lowest BCUT2D eigenvalue weighted by molar-refractivity contribution is -0.122. The number of nitrogens with one attached hydrogen (secondary N) is 1. The summed E-state index contributed by atoms with van der Waals surface area (Å²) in [5.74, 6) is 0.304. The van der Waals surface area contributed by atoms with Gasteiger partial charge in [0.15, 0.2) is 5.78 Å². The molecular weight excluding hydrogens is 277 g/mol. The topological polar surface area (TPSA) is 29.1 Å². The molecule has 0 radical (unpaired) electrons. The molecule has 1 saturated heterocycles. The van der Waals surface area contributed by atoms with Gasteiger partial charge in [-0.25, -0.2) is 0 Å². The second-order valence-electron chi connectivity index (χ2n) is 3.51. The van der Waals surface area contributed by atoms with Crippen LogP contribution in [0.25, 0.3) is 0 Å². The lowest BCUT2D eigenvalue weighted by Gasteiger charge is -2.22. The molecule has 2 rings (SSSR count). The molecule has 0 aromatic heterocycles. The fourth-order valence-corrected chi connectivity index (χ4v) is 1.99. The van der Waals surface area contributed by atoms with Crippen molar-refractivity contribution in [3.63, 3.8) is 0 Å². The molecule has 1 unspecified atom stereocenters. The molecule has 1 aromatic rings. The molecule has 1 aliphatic heterocycles. The van der Waals surface area contributed by atoms with Gasteiger partial charge in [0.2, 0.25) is 0 Å². The Morgan fingerprint density at radius 2 is 1.93 bits per heavy atom. The van der Waals surface area contributed by atoms with Crippen LogP contribution in [-0.2, 0) is 4.79 Å².